The van der Waals surface area contributed by atoms with Gasteiger partial charge in [-0.2, -0.15) is 0 Å². The zero-order valence-corrected chi connectivity index (χ0v) is 10.5. The maximum atomic E-state index is 5.61. The van der Waals surface area contributed by atoms with Gasteiger partial charge >= 0.3 is 0 Å². The molecule has 1 atom stereocenters. The lowest BCUT2D eigenvalue weighted by molar-refractivity contribution is 0.183. The minimum Gasteiger partial charge on any atom is -0.385 e. The second-order valence-corrected chi connectivity index (χ2v) is 4.80. The van der Waals surface area contributed by atoms with Gasteiger partial charge in [-0.25, -0.2) is 0 Å². The summed E-state index contributed by atoms with van der Waals surface area (Å²) in [5.41, 5.74) is 5.61. The topological polar surface area (TPSA) is 47.3 Å². The highest BCUT2D eigenvalue weighted by molar-refractivity contribution is 5.29. The first-order valence-electron chi connectivity index (χ1n) is 6.40. The van der Waals surface area contributed by atoms with Crippen LogP contribution < -0.4 is 11.3 Å². The number of methoxy groups -OCH3 is 1. The van der Waals surface area contributed by atoms with Crippen molar-refractivity contribution in [3.63, 3.8) is 0 Å². The highest BCUT2D eigenvalue weighted by Gasteiger charge is 2.20. The van der Waals surface area contributed by atoms with E-state index in [4.69, 9.17) is 10.6 Å². The molecule has 1 aromatic carbocycles. The molecule has 0 aromatic heterocycles. The first-order chi connectivity index (χ1) is 8.35. The van der Waals surface area contributed by atoms with Crippen LogP contribution in [0.25, 0.3) is 0 Å². The van der Waals surface area contributed by atoms with Crippen LogP contribution in [0.2, 0.25) is 0 Å². The quantitative estimate of drug-likeness (QED) is 0.587. The number of nitrogens with two attached hydrogens (primary N) is 1. The molecule has 0 aliphatic heterocycles. The first-order valence-corrected chi connectivity index (χ1v) is 6.40. The lowest BCUT2D eigenvalue weighted by Gasteiger charge is -2.27. The Kier molecular flexibility index (Phi) is 4.54. The predicted octanol–water partition coefficient (Wildman–Crippen LogP) is 2.50. The Morgan fingerprint density at radius 1 is 1.47 bits per heavy atom. The van der Waals surface area contributed by atoms with E-state index in [0.29, 0.717) is 0 Å². The first kappa shape index (κ1) is 12.6. The molecule has 0 bridgehead atoms. The summed E-state index contributed by atoms with van der Waals surface area (Å²) in [5, 5.41) is 0. The summed E-state index contributed by atoms with van der Waals surface area (Å²) < 4.78 is 5.11. The van der Waals surface area contributed by atoms with Crippen LogP contribution in [-0.2, 0) is 4.74 Å². The summed E-state index contributed by atoms with van der Waals surface area (Å²) in [6, 6.07) is 9.00. The van der Waals surface area contributed by atoms with Crippen molar-refractivity contribution in [2.45, 2.75) is 37.6 Å². The summed E-state index contributed by atoms with van der Waals surface area (Å²) in [6.45, 7) is 0.725. The van der Waals surface area contributed by atoms with E-state index in [1.165, 1.54) is 30.4 Å². The highest BCUT2D eigenvalue weighted by Crippen LogP contribution is 2.37. The second kappa shape index (κ2) is 6.15. The van der Waals surface area contributed by atoms with Gasteiger partial charge in [0.15, 0.2) is 0 Å². The Labute approximate surface area is 103 Å². The molecule has 1 aliphatic carbocycles. The molecule has 1 unspecified atom stereocenters. The third-order valence-electron chi connectivity index (χ3n) is 3.70. The van der Waals surface area contributed by atoms with Crippen LogP contribution in [0.3, 0.4) is 0 Å². The third-order valence-corrected chi connectivity index (χ3v) is 3.70. The number of rotatable bonds is 6. The van der Waals surface area contributed by atoms with Crippen molar-refractivity contribution in [1.82, 2.24) is 5.43 Å². The van der Waals surface area contributed by atoms with Gasteiger partial charge in [-0.15, -0.1) is 0 Å². The molecule has 0 heterocycles. The van der Waals surface area contributed by atoms with Gasteiger partial charge in [0.25, 0.3) is 0 Å². The summed E-state index contributed by atoms with van der Waals surface area (Å²) in [4.78, 5) is 0. The largest absolute Gasteiger partial charge is 0.385 e. The van der Waals surface area contributed by atoms with Crippen LogP contribution in [0, 0.1) is 0 Å². The van der Waals surface area contributed by atoms with Crippen molar-refractivity contribution in [3.05, 3.63) is 35.4 Å². The maximum absolute atomic E-state index is 5.61. The standard InChI is InChI=1S/C14H22N2O/c1-17-9-8-14(16-15)13-7-3-6-12(10-13)11-4-2-5-11/h3,6-7,10-11,14,16H,2,4-5,8-9,15H2,1H3. The van der Waals surface area contributed by atoms with E-state index in [9.17, 15) is 0 Å². The van der Waals surface area contributed by atoms with Crippen LogP contribution in [0.1, 0.15) is 48.8 Å². The van der Waals surface area contributed by atoms with E-state index in [1.807, 2.05) is 0 Å². The number of hydrogen-bond acceptors (Lipinski definition) is 3. The van der Waals surface area contributed by atoms with Gasteiger partial charge < -0.3 is 4.74 Å². The molecule has 1 fully saturated rings. The van der Waals surface area contributed by atoms with Gasteiger partial charge in [0.05, 0.1) is 0 Å². The monoisotopic (exact) mass is 234 g/mol. The second-order valence-electron chi connectivity index (χ2n) is 4.80. The van der Waals surface area contributed by atoms with Crippen molar-refractivity contribution < 1.29 is 4.74 Å². The lowest BCUT2D eigenvalue weighted by Crippen LogP contribution is -2.29. The Morgan fingerprint density at radius 2 is 2.29 bits per heavy atom. The van der Waals surface area contributed by atoms with Crippen molar-refractivity contribution in [2.24, 2.45) is 5.84 Å². The number of hydrogen-bond donors (Lipinski definition) is 2. The molecule has 3 heteroatoms. The van der Waals surface area contributed by atoms with Gasteiger partial charge in [0.2, 0.25) is 0 Å². The fraction of sp³-hybridized carbons (Fsp3) is 0.571. The van der Waals surface area contributed by atoms with Crippen molar-refractivity contribution >= 4 is 0 Å². The Bertz CT molecular complexity index is 350. The van der Waals surface area contributed by atoms with Gasteiger partial charge in [-0.1, -0.05) is 30.7 Å². The number of benzene rings is 1. The molecule has 0 amide bonds. The van der Waals surface area contributed by atoms with Crippen LogP contribution in [-0.4, -0.2) is 13.7 Å². The third kappa shape index (κ3) is 3.06. The van der Waals surface area contributed by atoms with Crippen molar-refractivity contribution in [3.8, 4) is 0 Å². The zero-order valence-electron chi connectivity index (χ0n) is 10.5. The summed E-state index contributed by atoms with van der Waals surface area (Å²) >= 11 is 0. The van der Waals surface area contributed by atoms with Crippen LogP contribution in [0.4, 0.5) is 0 Å². The Hall–Kier alpha value is -0.900. The lowest BCUT2D eigenvalue weighted by atomic mass is 9.79. The van der Waals surface area contributed by atoms with Crippen LogP contribution >= 0.6 is 0 Å². The molecule has 3 nitrogen and oxygen atoms in total. The van der Waals surface area contributed by atoms with E-state index in [1.54, 1.807) is 7.11 Å². The fourth-order valence-corrected chi connectivity index (χ4v) is 2.35. The smallest absolute Gasteiger partial charge is 0.0482 e. The molecule has 17 heavy (non-hydrogen) atoms. The molecular weight excluding hydrogens is 212 g/mol. The Morgan fingerprint density at radius 3 is 2.88 bits per heavy atom. The molecule has 1 saturated carbocycles. The fourth-order valence-electron chi connectivity index (χ4n) is 2.35. The van der Waals surface area contributed by atoms with Gasteiger partial charge in [0, 0.05) is 19.8 Å². The number of hydrazine groups is 1. The van der Waals surface area contributed by atoms with E-state index in [-0.39, 0.29) is 6.04 Å². The van der Waals surface area contributed by atoms with Gasteiger partial charge in [-0.05, 0) is 36.3 Å². The minimum absolute atomic E-state index is 0.190. The molecule has 94 valence electrons. The van der Waals surface area contributed by atoms with Crippen LogP contribution in [0.5, 0.6) is 0 Å². The SMILES string of the molecule is COCCC(NN)c1cccc(C2CCC2)c1. The van der Waals surface area contributed by atoms with Crippen molar-refractivity contribution in [1.29, 1.82) is 0 Å². The predicted molar refractivity (Wildman–Crippen MR) is 69.6 cm³/mol. The van der Waals surface area contributed by atoms with E-state index in [2.05, 4.69) is 29.7 Å². The molecule has 0 saturated heterocycles. The summed E-state index contributed by atoms with van der Waals surface area (Å²) in [6.07, 6.45) is 4.95. The molecule has 2 rings (SSSR count). The molecular formula is C14H22N2O. The molecule has 0 spiro atoms. The molecule has 0 radical (unpaired) electrons. The Balaban J connectivity index is 2.07. The van der Waals surface area contributed by atoms with Crippen molar-refractivity contribution in [2.75, 3.05) is 13.7 Å². The summed E-state index contributed by atoms with van der Waals surface area (Å²) in [7, 11) is 1.72. The zero-order chi connectivity index (χ0) is 12.1. The average molecular weight is 234 g/mol. The van der Waals surface area contributed by atoms with Gasteiger partial charge in [-0.3, -0.25) is 11.3 Å². The van der Waals surface area contributed by atoms with E-state index in [0.717, 1.165) is 18.9 Å². The minimum atomic E-state index is 0.190. The molecule has 1 aromatic rings. The summed E-state index contributed by atoms with van der Waals surface area (Å²) in [5.74, 6) is 6.39. The number of ether oxygens (including phenoxy) is 1. The average Bonchev–Trinajstić information content (AvgIpc) is 2.28. The maximum Gasteiger partial charge on any atom is 0.0482 e. The molecule has 3 N–H and O–H groups in total. The van der Waals surface area contributed by atoms with E-state index >= 15 is 0 Å². The molecule has 1 aliphatic rings. The van der Waals surface area contributed by atoms with Gasteiger partial charge in [0.1, 0.15) is 0 Å². The highest BCUT2D eigenvalue weighted by atomic mass is 16.5. The van der Waals surface area contributed by atoms with Crippen LogP contribution in [0.15, 0.2) is 24.3 Å². The number of nitrogens with one attached hydrogen (secondary N) is 1. The normalized spacial score (nSPS) is 17.8. The van der Waals surface area contributed by atoms with E-state index < -0.39 is 0 Å².